The Morgan fingerprint density at radius 3 is 2.62 bits per heavy atom. The lowest BCUT2D eigenvalue weighted by Gasteiger charge is -2.08. The minimum absolute atomic E-state index is 0.152. The van der Waals surface area contributed by atoms with Crippen LogP contribution >= 0.6 is 0 Å². The van der Waals surface area contributed by atoms with Gasteiger partial charge in [-0.1, -0.05) is 6.07 Å². The zero-order valence-corrected chi connectivity index (χ0v) is 18.1. The molecule has 34 heavy (non-hydrogen) atoms. The summed E-state index contributed by atoms with van der Waals surface area (Å²) < 4.78 is 49.1. The molecule has 4 aromatic heterocycles. The van der Waals surface area contributed by atoms with Crippen molar-refractivity contribution in [1.82, 2.24) is 24.9 Å². The monoisotopic (exact) mass is 472 g/mol. The van der Waals surface area contributed by atoms with Crippen LogP contribution in [0.3, 0.4) is 0 Å². The average molecular weight is 472 g/mol. The average Bonchev–Trinajstić information content (AvgIpc) is 3.23. The molecule has 0 radical (unpaired) electrons. The normalized spacial score (nSPS) is 11.3. The van der Waals surface area contributed by atoms with Gasteiger partial charge in [-0.25, -0.2) is 14.5 Å². The van der Waals surface area contributed by atoms with Crippen molar-refractivity contribution in [2.45, 2.75) is 6.18 Å². The largest absolute Gasteiger partial charge is 0.491 e. The third kappa shape index (κ3) is 5.17. The Hall–Kier alpha value is -4.35. The SMILES string of the molecule is COc1cc(-c2ccn3nc(Nc4cccc(C(=O)NCC(F)(F)F)n4)cc3c2)cnc1OC. The highest BCUT2D eigenvalue weighted by Gasteiger charge is 2.28. The Morgan fingerprint density at radius 1 is 1.06 bits per heavy atom. The van der Waals surface area contributed by atoms with Gasteiger partial charge in [-0.05, 0) is 35.9 Å². The summed E-state index contributed by atoms with van der Waals surface area (Å²) in [4.78, 5) is 20.3. The van der Waals surface area contributed by atoms with Gasteiger partial charge in [-0.15, -0.1) is 0 Å². The Kier molecular flexibility index (Phi) is 6.21. The zero-order valence-electron chi connectivity index (χ0n) is 18.1. The summed E-state index contributed by atoms with van der Waals surface area (Å²) in [6.45, 7) is -1.43. The van der Waals surface area contributed by atoms with E-state index in [1.165, 1.54) is 26.4 Å². The maximum absolute atomic E-state index is 12.3. The van der Waals surface area contributed by atoms with E-state index in [0.717, 1.165) is 16.6 Å². The van der Waals surface area contributed by atoms with Crippen LogP contribution in [0.4, 0.5) is 24.8 Å². The molecule has 0 spiro atoms. The van der Waals surface area contributed by atoms with E-state index in [9.17, 15) is 18.0 Å². The number of ether oxygens (including phenoxy) is 2. The van der Waals surface area contributed by atoms with Gasteiger partial charge >= 0.3 is 6.18 Å². The molecule has 0 aliphatic heterocycles. The first-order chi connectivity index (χ1) is 16.3. The number of pyridine rings is 3. The second kappa shape index (κ2) is 9.25. The molecule has 12 heteroatoms. The number of nitrogens with one attached hydrogen (secondary N) is 2. The highest BCUT2D eigenvalue weighted by atomic mass is 19.4. The molecule has 0 bridgehead atoms. The molecule has 0 aromatic carbocycles. The topological polar surface area (TPSA) is 103 Å². The lowest BCUT2D eigenvalue weighted by atomic mass is 10.1. The predicted molar refractivity (Wildman–Crippen MR) is 117 cm³/mol. The Morgan fingerprint density at radius 2 is 1.88 bits per heavy atom. The third-order valence-electron chi connectivity index (χ3n) is 4.72. The first-order valence-electron chi connectivity index (χ1n) is 9.92. The quantitative estimate of drug-likeness (QED) is 0.421. The molecule has 0 fully saturated rings. The van der Waals surface area contributed by atoms with Crippen molar-refractivity contribution in [1.29, 1.82) is 0 Å². The van der Waals surface area contributed by atoms with E-state index >= 15 is 0 Å². The maximum atomic E-state index is 12.3. The molecule has 4 heterocycles. The van der Waals surface area contributed by atoms with Crippen molar-refractivity contribution in [2.24, 2.45) is 0 Å². The van der Waals surface area contributed by atoms with Gasteiger partial charge in [0.15, 0.2) is 11.6 Å². The molecule has 1 amide bonds. The van der Waals surface area contributed by atoms with Gasteiger partial charge in [0.2, 0.25) is 0 Å². The molecule has 4 rings (SSSR count). The number of halogens is 3. The minimum atomic E-state index is -4.51. The van der Waals surface area contributed by atoms with E-state index in [1.54, 1.807) is 34.4 Å². The molecule has 0 aliphatic rings. The zero-order chi connectivity index (χ0) is 24.3. The molecule has 0 saturated heterocycles. The number of aromatic nitrogens is 4. The molecule has 9 nitrogen and oxygen atoms in total. The number of alkyl halides is 3. The summed E-state index contributed by atoms with van der Waals surface area (Å²) >= 11 is 0. The van der Waals surface area contributed by atoms with Gasteiger partial charge in [0.1, 0.15) is 18.1 Å². The number of fused-ring (bicyclic) bond motifs is 1. The molecular weight excluding hydrogens is 453 g/mol. The summed E-state index contributed by atoms with van der Waals surface area (Å²) in [5, 5.41) is 9.16. The van der Waals surface area contributed by atoms with Crippen molar-refractivity contribution in [2.75, 3.05) is 26.1 Å². The number of methoxy groups -OCH3 is 2. The fourth-order valence-electron chi connectivity index (χ4n) is 3.16. The van der Waals surface area contributed by atoms with Crippen LogP contribution in [-0.2, 0) is 0 Å². The van der Waals surface area contributed by atoms with Crippen LogP contribution in [0.1, 0.15) is 10.5 Å². The number of rotatable bonds is 7. The first kappa shape index (κ1) is 22.8. The van der Waals surface area contributed by atoms with Crippen LogP contribution in [-0.4, -0.2) is 52.4 Å². The molecule has 176 valence electrons. The second-order valence-corrected chi connectivity index (χ2v) is 7.08. The number of amides is 1. The van der Waals surface area contributed by atoms with Crippen molar-refractivity contribution in [3.05, 3.63) is 60.6 Å². The summed E-state index contributed by atoms with van der Waals surface area (Å²) in [5.41, 5.74) is 2.29. The molecule has 0 saturated carbocycles. The summed E-state index contributed by atoms with van der Waals surface area (Å²) in [6, 6.07) is 11.7. The van der Waals surface area contributed by atoms with Crippen molar-refractivity contribution in [3.8, 4) is 22.8 Å². The fourth-order valence-corrected chi connectivity index (χ4v) is 3.16. The predicted octanol–water partition coefficient (Wildman–Crippen LogP) is 3.84. The first-order valence-corrected chi connectivity index (χ1v) is 9.92. The van der Waals surface area contributed by atoms with E-state index in [2.05, 4.69) is 20.4 Å². The highest BCUT2D eigenvalue weighted by molar-refractivity contribution is 5.92. The summed E-state index contributed by atoms with van der Waals surface area (Å²) in [5.74, 6) is 0.644. The molecule has 2 N–H and O–H groups in total. The molecule has 0 atom stereocenters. The van der Waals surface area contributed by atoms with Gasteiger partial charge in [0.05, 0.1) is 19.7 Å². The molecule has 4 aromatic rings. The van der Waals surface area contributed by atoms with Gasteiger partial charge in [0, 0.05) is 24.0 Å². The van der Waals surface area contributed by atoms with Gasteiger partial charge in [-0.3, -0.25) is 4.79 Å². The van der Waals surface area contributed by atoms with E-state index in [1.807, 2.05) is 18.2 Å². The Labute approximate surface area is 191 Å². The van der Waals surface area contributed by atoms with Gasteiger partial charge in [0.25, 0.3) is 11.8 Å². The van der Waals surface area contributed by atoms with E-state index in [-0.39, 0.29) is 11.5 Å². The van der Waals surface area contributed by atoms with Crippen LogP contribution in [0.2, 0.25) is 0 Å². The number of hydrogen-bond donors (Lipinski definition) is 2. The standard InChI is InChI=1S/C22H19F3N6O3/c1-33-17-9-14(11-26-21(17)34-2)13-6-7-31-15(8-13)10-19(30-31)29-18-5-3-4-16(28-18)20(32)27-12-22(23,24)25/h3-11H,12H2,1-2H3,(H,27,32)(H,28,29,30). The summed E-state index contributed by atoms with van der Waals surface area (Å²) in [6.07, 6.45) is -1.07. The van der Waals surface area contributed by atoms with Gasteiger partial charge in [-0.2, -0.15) is 18.3 Å². The number of carbonyl (C=O) groups excluding carboxylic acids is 1. The van der Waals surface area contributed by atoms with Crippen molar-refractivity contribution in [3.63, 3.8) is 0 Å². The third-order valence-corrected chi connectivity index (χ3v) is 4.72. The van der Waals surface area contributed by atoms with Crippen LogP contribution in [0.5, 0.6) is 11.6 Å². The van der Waals surface area contributed by atoms with Crippen LogP contribution in [0.25, 0.3) is 16.6 Å². The Balaban J connectivity index is 1.54. The Bertz CT molecular complexity index is 1340. The number of carbonyl (C=O) groups is 1. The van der Waals surface area contributed by atoms with Crippen LogP contribution in [0.15, 0.2) is 54.9 Å². The van der Waals surface area contributed by atoms with E-state index < -0.39 is 18.6 Å². The van der Waals surface area contributed by atoms with Crippen LogP contribution < -0.4 is 20.1 Å². The van der Waals surface area contributed by atoms with Crippen molar-refractivity contribution < 1.29 is 27.4 Å². The molecule has 0 unspecified atom stereocenters. The van der Waals surface area contributed by atoms with Gasteiger partial charge < -0.3 is 20.1 Å². The summed E-state index contributed by atoms with van der Waals surface area (Å²) in [7, 11) is 3.04. The smallest absolute Gasteiger partial charge is 0.405 e. The van der Waals surface area contributed by atoms with E-state index in [4.69, 9.17) is 9.47 Å². The lowest BCUT2D eigenvalue weighted by Crippen LogP contribution is -2.34. The number of anilines is 2. The number of hydrogen-bond acceptors (Lipinski definition) is 7. The minimum Gasteiger partial charge on any atom is -0.491 e. The molecular formula is C22H19F3N6O3. The molecule has 0 aliphatic carbocycles. The van der Waals surface area contributed by atoms with Crippen molar-refractivity contribution >= 4 is 23.1 Å². The van der Waals surface area contributed by atoms with Crippen LogP contribution in [0, 0.1) is 0 Å². The number of nitrogens with zero attached hydrogens (tertiary/aromatic N) is 4. The highest BCUT2D eigenvalue weighted by Crippen LogP contribution is 2.30. The fraction of sp³-hybridized carbons (Fsp3) is 0.182. The second-order valence-electron chi connectivity index (χ2n) is 7.08. The maximum Gasteiger partial charge on any atom is 0.405 e. The lowest BCUT2D eigenvalue weighted by molar-refractivity contribution is -0.123. The van der Waals surface area contributed by atoms with E-state index in [0.29, 0.717) is 17.4 Å².